The van der Waals surface area contributed by atoms with Crippen LogP contribution in [0.2, 0.25) is 0 Å². The van der Waals surface area contributed by atoms with Crippen molar-refractivity contribution in [2.75, 3.05) is 19.6 Å². The minimum absolute atomic E-state index is 0.327. The lowest BCUT2D eigenvalue weighted by Crippen LogP contribution is -2.70. The number of hydrogen-bond donors (Lipinski definition) is 0. The number of carbonyl (C=O) groups is 1. The lowest BCUT2D eigenvalue weighted by atomic mass is 9.97. The van der Waals surface area contributed by atoms with Crippen LogP contribution in [0, 0.1) is 0 Å². The molecule has 198 valence electrons. The molecule has 0 rings (SSSR count). The highest BCUT2D eigenvalue weighted by molar-refractivity contribution is 5.70. The second-order valence-corrected chi connectivity index (χ2v) is 7.08. The molecule has 0 aliphatic heterocycles. The first kappa shape index (κ1) is 31.5. The molecule has 0 heterocycles. The van der Waals surface area contributed by atoms with Gasteiger partial charge in [-0.3, -0.25) is 4.79 Å². The second kappa shape index (κ2) is 10.8. The Bertz CT molecular complexity index is 627. The highest BCUT2D eigenvalue weighted by Gasteiger charge is 2.91. The van der Waals surface area contributed by atoms with Gasteiger partial charge in [0.25, 0.3) is 0 Å². The molecule has 0 fully saturated rings. The van der Waals surface area contributed by atoms with Crippen molar-refractivity contribution in [3.8, 4) is 0 Å². The number of ether oxygens (including phenoxy) is 1. The van der Waals surface area contributed by atoms with Gasteiger partial charge in [0.1, 0.15) is 0 Å². The van der Waals surface area contributed by atoms with E-state index in [0.717, 1.165) is 0 Å². The highest BCUT2D eigenvalue weighted by atomic mass is 19.4. The smallest absolute Gasteiger partial charge is 0.396 e. The Morgan fingerprint density at radius 1 is 0.636 bits per heavy atom. The topological polar surface area (TPSA) is 29.5 Å². The summed E-state index contributed by atoms with van der Waals surface area (Å²) >= 11 is 0. The van der Waals surface area contributed by atoms with Crippen LogP contribution in [0.1, 0.15) is 46.0 Å². The summed E-state index contributed by atoms with van der Waals surface area (Å²) in [6, 6.07) is 0. The quantitative estimate of drug-likeness (QED) is 0.193. The van der Waals surface area contributed by atoms with Crippen LogP contribution in [0.25, 0.3) is 0 Å². The molecule has 0 bridgehead atoms. The third-order valence-electron chi connectivity index (χ3n) is 4.43. The van der Waals surface area contributed by atoms with E-state index < -0.39 is 48.4 Å². The van der Waals surface area contributed by atoms with E-state index in [1.807, 2.05) is 0 Å². The molecule has 0 aromatic carbocycles. The summed E-state index contributed by atoms with van der Waals surface area (Å²) in [4.78, 5) is 13.0. The summed E-state index contributed by atoms with van der Waals surface area (Å²) in [5.41, 5.74) is 0. The van der Waals surface area contributed by atoms with Crippen LogP contribution in [-0.4, -0.2) is 66.5 Å². The number of alkyl halides is 13. The Balaban J connectivity index is 5.62. The molecule has 16 heteroatoms. The first-order valence-electron chi connectivity index (χ1n) is 9.54. The molecular formula is C17H22F13NO2. The van der Waals surface area contributed by atoms with Gasteiger partial charge in [0.2, 0.25) is 0 Å². The highest BCUT2D eigenvalue weighted by Crippen LogP contribution is 2.60. The molecule has 0 atom stereocenters. The maximum Gasteiger partial charge on any atom is 0.473 e. The molecule has 0 aliphatic carbocycles. The summed E-state index contributed by atoms with van der Waals surface area (Å²) in [6.45, 7) is 3.83. The lowest BCUT2D eigenvalue weighted by molar-refractivity contribution is -0.460. The average molecular weight is 519 g/mol. The fourth-order valence-corrected chi connectivity index (χ4v) is 2.36. The van der Waals surface area contributed by atoms with E-state index in [2.05, 4.69) is 4.74 Å². The van der Waals surface area contributed by atoms with E-state index in [4.69, 9.17) is 0 Å². The van der Waals surface area contributed by atoms with Crippen LogP contribution in [0.15, 0.2) is 0 Å². The van der Waals surface area contributed by atoms with E-state index in [1.165, 1.54) is 4.90 Å². The van der Waals surface area contributed by atoms with Gasteiger partial charge in [0, 0.05) is 6.54 Å². The summed E-state index contributed by atoms with van der Waals surface area (Å²) in [5, 5.41) is 0. The predicted octanol–water partition coefficient (Wildman–Crippen LogP) is 6.52. The van der Waals surface area contributed by atoms with Crippen LogP contribution < -0.4 is 0 Å². The third kappa shape index (κ3) is 6.56. The average Bonchev–Trinajstić information content (AvgIpc) is 2.65. The number of rotatable bonds is 14. The number of nitrogens with zero attached hydrogens (tertiary/aromatic N) is 1. The summed E-state index contributed by atoms with van der Waals surface area (Å²) < 4.78 is 172. The molecule has 0 unspecified atom stereocenters. The number of unbranched alkanes of at least 4 members (excludes halogenated alkanes) is 2. The Labute approximate surface area is 180 Å². The minimum atomic E-state index is -8.03. The Morgan fingerprint density at radius 3 is 1.39 bits per heavy atom. The van der Waals surface area contributed by atoms with Crippen LogP contribution in [0.5, 0.6) is 0 Å². The maximum absolute atomic E-state index is 13.5. The SMILES string of the molecule is CCCCN(CCCC)CCC(=O)OC(F)(F)C(F)(F)C(F)(F)C(F)(F)C(F)(F)C(F)(F)F. The predicted molar refractivity (Wildman–Crippen MR) is 87.8 cm³/mol. The molecule has 0 aromatic heterocycles. The van der Waals surface area contributed by atoms with Crippen molar-refractivity contribution in [3.63, 3.8) is 0 Å². The van der Waals surface area contributed by atoms with Crippen LogP contribution >= 0.6 is 0 Å². The molecule has 3 nitrogen and oxygen atoms in total. The first-order valence-corrected chi connectivity index (χ1v) is 9.54. The zero-order valence-electron chi connectivity index (χ0n) is 17.3. The fraction of sp³-hybridized carbons (Fsp3) is 0.941. The Morgan fingerprint density at radius 2 is 1.03 bits per heavy atom. The van der Waals surface area contributed by atoms with Gasteiger partial charge in [0.15, 0.2) is 0 Å². The zero-order valence-corrected chi connectivity index (χ0v) is 17.3. The van der Waals surface area contributed by atoms with Crippen molar-refractivity contribution < 1.29 is 66.6 Å². The van der Waals surface area contributed by atoms with Gasteiger partial charge in [-0.1, -0.05) is 26.7 Å². The van der Waals surface area contributed by atoms with Gasteiger partial charge in [-0.15, -0.1) is 0 Å². The van der Waals surface area contributed by atoms with Gasteiger partial charge in [-0.25, -0.2) is 0 Å². The maximum atomic E-state index is 13.5. The Kier molecular flexibility index (Phi) is 10.4. The minimum Gasteiger partial charge on any atom is -0.396 e. The molecule has 0 saturated carbocycles. The van der Waals surface area contributed by atoms with Crippen molar-refractivity contribution in [2.45, 2.75) is 81.9 Å². The third-order valence-corrected chi connectivity index (χ3v) is 4.43. The molecule has 0 radical (unpaired) electrons. The fourth-order valence-electron chi connectivity index (χ4n) is 2.36. The van der Waals surface area contributed by atoms with Crippen LogP contribution in [0.4, 0.5) is 57.1 Å². The van der Waals surface area contributed by atoms with Crippen molar-refractivity contribution in [3.05, 3.63) is 0 Å². The molecule has 0 aliphatic rings. The van der Waals surface area contributed by atoms with Gasteiger partial charge < -0.3 is 9.64 Å². The Hall–Kier alpha value is -1.48. The summed E-state index contributed by atoms with van der Waals surface area (Å²) in [6.07, 6.45) is -13.0. The first-order chi connectivity index (χ1) is 14.6. The van der Waals surface area contributed by atoms with E-state index in [-0.39, 0.29) is 6.54 Å². The van der Waals surface area contributed by atoms with E-state index in [9.17, 15) is 61.9 Å². The monoisotopic (exact) mass is 519 g/mol. The van der Waals surface area contributed by atoms with Crippen molar-refractivity contribution >= 4 is 5.97 Å². The number of halogens is 13. The molecular weight excluding hydrogens is 497 g/mol. The second-order valence-electron chi connectivity index (χ2n) is 7.08. The summed E-state index contributed by atoms with van der Waals surface area (Å²) in [5.74, 6) is -33.8. The van der Waals surface area contributed by atoms with Gasteiger partial charge >= 0.3 is 41.9 Å². The van der Waals surface area contributed by atoms with Gasteiger partial charge in [-0.05, 0) is 25.9 Å². The molecule has 0 amide bonds. The van der Waals surface area contributed by atoms with Crippen molar-refractivity contribution in [1.29, 1.82) is 0 Å². The van der Waals surface area contributed by atoms with E-state index in [1.54, 1.807) is 13.8 Å². The molecule has 0 aromatic rings. The van der Waals surface area contributed by atoms with Crippen molar-refractivity contribution in [1.82, 2.24) is 4.90 Å². The normalized spacial score (nSPS) is 14.7. The van der Waals surface area contributed by atoms with Crippen LogP contribution in [-0.2, 0) is 9.53 Å². The molecule has 0 saturated heterocycles. The lowest BCUT2D eigenvalue weighted by Gasteiger charge is -2.38. The summed E-state index contributed by atoms with van der Waals surface area (Å²) in [7, 11) is 0. The van der Waals surface area contributed by atoms with E-state index >= 15 is 0 Å². The number of esters is 1. The van der Waals surface area contributed by atoms with Gasteiger partial charge in [-0.2, -0.15) is 57.1 Å². The zero-order chi connectivity index (χ0) is 26.5. The number of carbonyl (C=O) groups excluding carboxylic acids is 1. The molecule has 0 spiro atoms. The largest absolute Gasteiger partial charge is 0.473 e. The van der Waals surface area contributed by atoms with Crippen molar-refractivity contribution in [2.24, 2.45) is 0 Å². The van der Waals surface area contributed by atoms with Crippen LogP contribution in [0.3, 0.4) is 0 Å². The number of hydrogen-bond acceptors (Lipinski definition) is 3. The standard InChI is InChI=1S/C17H22F13NO2/c1-3-5-8-31(9-6-4-2)10-7-11(32)33-17(29,30)15(24,25)13(20,21)12(18,19)14(22,23)16(26,27)28/h3-10H2,1-2H3. The van der Waals surface area contributed by atoms with Gasteiger partial charge in [0.05, 0.1) is 6.42 Å². The molecule has 33 heavy (non-hydrogen) atoms. The molecule has 0 N–H and O–H groups in total. The van der Waals surface area contributed by atoms with E-state index in [0.29, 0.717) is 38.8 Å².